The molecular weight excluding hydrogens is 338 g/mol. The first-order chi connectivity index (χ1) is 12.1. The van der Waals surface area contributed by atoms with E-state index in [9.17, 15) is 4.79 Å². The molecule has 0 atom stereocenters. The monoisotopic (exact) mass is 365 g/mol. The smallest absolute Gasteiger partial charge is 0.234 e. The highest BCUT2D eigenvalue weighted by atomic mass is 35.5. The van der Waals surface area contributed by atoms with Crippen LogP contribution in [0.1, 0.15) is 25.7 Å². The maximum atomic E-state index is 12.2. The topological polar surface area (TPSA) is 44.8 Å². The molecule has 0 radical (unpaired) electrons. The molecule has 2 aliphatic rings. The van der Waals surface area contributed by atoms with Crippen LogP contribution in [0.4, 0.5) is 0 Å². The van der Waals surface area contributed by atoms with Crippen molar-refractivity contribution in [2.75, 3.05) is 39.8 Å². The molecule has 5 nitrogen and oxygen atoms in total. The second-order valence-corrected chi connectivity index (χ2v) is 7.59. The molecule has 1 N–H and O–H groups in total. The number of carbonyl (C=O) groups excluding carboxylic acids is 1. The number of likely N-dealkylation sites (tertiary alicyclic amines) is 1. The summed E-state index contributed by atoms with van der Waals surface area (Å²) in [6.45, 7) is 3.91. The number of carbonyl (C=O) groups is 1. The fraction of sp³-hybridized carbons (Fsp3) is 0.632. The van der Waals surface area contributed by atoms with E-state index >= 15 is 0 Å². The minimum absolute atomic E-state index is 0.110. The van der Waals surface area contributed by atoms with Crippen molar-refractivity contribution >= 4 is 17.5 Å². The van der Waals surface area contributed by atoms with E-state index in [2.05, 4.69) is 10.2 Å². The number of ether oxygens (including phenoxy) is 1. The SMILES string of the molecule is CN(CCOc1ccc(Cl)cc1)CC(=O)NC1CCN(C2CC2)CC1. The molecule has 2 fully saturated rings. The van der Waals surface area contributed by atoms with Crippen LogP contribution in [0.15, 0.2) is 24.3 Å². The second-order valence-electron chi connectivity index (χ2n) is 7.15. The van der Waals surface area contributed by atoms with E-state index in [0.717, 1.165) is 37.7 Å². The van der Waals surface area contributed by atoms with Gasteiger partial charge in [-0.1, -0.05) is 11.6 Å². The van der Waals surface area contributed by atoms with E-state index in [1.807, 2.05) is 36.2 Å². The van der Waals surface area contributed by atoms with Gasteiger partial charge in [0, 0.05) is 36.7 Å². The van der Waals surface area contributed by atoms with Crippen LogP contribution in [0.25, 0.3) is 0 Å². The van der Waals surface area contributed by atoms with Gasteiger partial charge in [-0.05, 0) is 57.0 Å². The fourth-order valence-electron chi connectivity index (χ4n) is 3.30. The quantitative estimate of drug-likeness (QED) is 0.768. The van der Waals surface area contributed by atoms with E-state index in [1.54, 1.807) is 0 Å². The van der Waals surface area contributed by atoms with Crippen LogP contribution in [0, 0.1) is 0 Å². The third kappa shape index (κ3) is 6.17. The highest BCUT2D eigenvalue weighted by molar-refractivity contribution is 6.30. The Morgan fingerprint density at radius 2 is 1.92 bits per heavy atom. The maximum Gasteiger partial charge on any atom is 0.234 e. The number of hydrogen-bond acceptors (Lipinski definition) is 4. The zero-order valence-corrected chi connectivity index (χ0v) is 15.7. The van der Waals surface area contributed by atoms with E-state index in [4.69, 9.17) is 16.3 Å². The Labute approximate surface area is 155 Å². The van der Waals surface area contributed by atoms with Gasteiger partial charge in [-0.15, -0.1) is 0 Å². The standard InChI is InChI=1S/C19H28ClN3O2/c1-22(12-13-25-18-6-2-15(20)3-7-18)14-19(24)21-16-8-10-23(11-9-16)17-4-5-17/h2-3,6-7,16-17H,4-5,8-14H2,1H3,(H,21,24). The largest absolute Gasteiger partial charge is 0.492 e. The van der Waals surface area contributed by atoms with E-state index in [1.165, 1.54) is 12.8 Å². The molecule has 1 aliphatic heterocycles. The van der Waals surface area contributed by atoms with Gasteiger partial charge < -0.3 is 15.0 Å². The molecule has 1 saturated carbocycles. The number of nitrogens with zero attached hydrogens (tertiary/aromatic N) is 2. The van der Waals surface area contributed by atoms with Gasteiger partial charge in [0.1, 0.15) is 12.4 Å². The molecule has 1 aliphatic carbocycles. The Bertz CT molecular complexity index is 554. The van der Waals surface area contributed by atoms with Gasteiger partial charge in [-0.3, -0.25) is 9.69 Å². The average molecular weight is 366 g/mol. The first kappa shape index (κ1) is 18.5. The van der Waals surface area contributed by atoms with Gasteiger partial charge >= 0.3 is 0 Å². The Morgan fingerprint density at radius 1 is 1.24 bits per heavy atom. The lowest BCUT2D eigenvalue weighted by atomic mass is 10.0. The van der Waals surface area contributed by atoms with Crippen molar-refractivity contribution in [3.63, 3.8) is 0 Å². The fourth-order valence-corrected chi connectivity index (χ4v) is 3.42. The number of likely N-dealkylation sites (N-methyl/N-ethyl adjacent to an activating group) is 1. The molecule has 0 spiro atoms. The first-order valence-electron chi connectivity index (χ1n) is 9.20. The lowest BCUT2D eigenvalue weighted by molar-refractivity contribution is -0.123. The molecule has 1 saturated heterocycles. The predicted octanol–water partition coefficient (Wildman–Crippen LogP) is 2.39. The number of amides is 1. The molecule has 1 amide bonds. The first-order valence-corrected chi connectivity index (χ1v) is 9.58. The van der Waals surface area contributed by atoms with Crippen molar-refractivity contribution in [1.82, 2.24) is 15.1 Å². The van der Waals surface area contributed by atoms with Crippen molar-refractivity contribution < 1.29 is 9.53 Å². The molecule has 0 bridgehead atoms. The van der Waals surface area contributed by atoms with Gasteiger partial charge in [-0.25, -0.2) is 0 Å². The summed E-state index contributed by atoms with van der Waals surface area (Å²) < 4.78 is 5.67. The highest BCUT2D eigenvalue weighted by Crippen LogP contribution is 2.29. The second kappa shape index (κ2) is 8.88. The van der Waals surface area contributed by atoms with Gasteiger partial charge in [0.25, 0.3) is 0 Å². The van der Waals surface area contributed by atoms with E-state index < -0.39 is 0 Å². The van der Waals surface area contributed by atoms with Gasteiger partial charge in [0.05, 0.1) is 6.54 Å². The Kier molecular flexibility index (Phi) is 6.57. The van der Waals surface area contributed by atoms with Gasteiger partial charge in [-0.2, -0.15) is 0 Å². The number of benzene rings is 1. The summed E-state index contributed by atoms with van der Waals surface area (Å²) in [4.78, 5) is 16.8. The molecule has 1 aromatic rings. The predicted molar refractivity (Wildman–Crippen MR) is 100 cm³/mol. The maximum absolute atomic E-state index is 12.2. The Balaban J connectivity index is 1.28. The third-order valence-electron chi connectivity index (χ3n) is 4.93. The Morgan fingerprint density at radius 3 is 2.56 bits per heavy atom. The molecule has 25 heavy (non-hydrogen) atoms. The lowest BCUT2D eigenvalue weighted by Gasteiger charge is -2.32. The Hall–Kier alpha value is -1.30. The molecule has 3 rings (SSSR count). The molecule has 1 heterocycles. The number of hydrogen-bond donors (Lipinski definition) is 1. The van der Waals surface area contributed by atoms with E-state index in [0.29, 0.717) is 30.8 Å². The number of piperidine rings is 1. The zero-order valence-electron chi connectivity index (χ0n) is 14.9. The highest BCUT2D eigenvalue weighted by Gasteiger charge is 2.32. The van der Waals surface area contributed by atoms with Crippen LogP contribution in [0.3, 0.4) is 0 Å². The number of nitrogens with one attached hydrogen (secondary N) is 1. The average Bonchev–Trinajstić information content (AvgIpc) is 3.42. The van der Waals surface area contributed by atoms with Crippen molar-refractivity contribution in [1.29, 1.82) is 0 Å². The summed E-state index contributed by atoms with van der Waals surface area (Å²) in [7, 11) is 1.94. The van der Waals surface area contributed by atoms with Crippen molar-refractivity contribution in [2.24, 2.45) is 0 Å². The zero-order chi connectivity index (χ0) is 17.6. The summed E-state index contributed by atoms with van der Waals surface area (Å²) in [5.74, 6) is 0.906. The van der Waals surface area contributed by atoms with Crippen LogP contribution in [-0.4, -0.2) is 67.6 Å². The summed E-state index contributed by atoms with van der Waals surface area (Å²) in [5.41, 5.74) is 0. The minimum Gasteiger partial charge on any atom is -0.492 e. The van der Waals surface area contributed by atoms with Crippen LogP contribution in [0.5, 0.6) is 5.75 Å². The molecule has 0 unspecified atom stereocenters. The lowest BCUT2D eigenvalue weighted by Crippen LogP contribution is -2.47. The van der Waals surface area contributed by atoms with Crippen LogP contribution >= 0.6 is 11.6 Å². The van der Waals surface area contributed by atoms with Gasteiger partial charge in [0.2, 0.25) is 5.91 Å². The normalized spacial score (nSPS) is 19.2. The summed E-state index contributed by atoms with van der Waals surface area (Å²) in [6, 6.07) is 8.49. The minimum atomic E-state index is 0.110. The molecule has 1 aromatic carbocycles. The van der Waals surface area contributed by atoms with Crippen LogP contribution in [0.2, 0.25) is 5.02 Å². The molecule has 138 valence electrons. The molecular formula is C19H28ClN3O2. The molecule has 0 aromatic heterocycles. The molecule has 6 heteroatoms. The van der Waals surface area contributed by atoms with Crippen LogP contribution < -0.4 is 10.1 Å². The summed E-state index contributed by atoms with van der Waals surface area (Å²) in [5, 5.41) is 3.88. The summed E-state index contributed by atoms with van der Waals surface area (Å²) >= 11 is 5.85. The number of rotatable bonds is 8. The van der Waals surface area contributed by atoms with Crippen molar-refractivity contribution in [2.45, 2.75) is 37.8 Å². The van der Waals surface area contributed by atoms with Crippen molar-refractivity contribution in [3.8, 4) is 5.75 Å². The third-order valence-corrected chi connectivity index (χ3v) is 5.18. The summed E-state index contributed by atoms with van der Waals surface area (Å²) in [6.07, 6.45) is 4.87. The van der Waals surface area contributed by atoms with E-state index in [-0.39, 0.29) is 5.91 Å². The number of halogens is 1. The van der Waals surface area contributed by atoms with Crippen LogP contribution in [-0.2, 0) is 4.79 Å². The van der Waals surface area contributed by atoms with Crippen molar-refractivity contribution in [3.05, 3.63) is 29.3 Å². The van der Waals surface area contributed by atoms with Gasteiger partial charge in [0.15, 0.2) is 0 Å².